The van der Waals surface area contributed by atoms with Crippen molar-refractivity contribution in [1.29, 1.82) is 0 Å². The minimum atomic E-state index is -2.53. The van der Waals surface area contributed by atoms with Crippen LogP contribution < -0.4 is 22.3 Å². The number of nitrogens with zero attached hydrogens (tertiary/aromatic N) is 1. The van der Waals surface area contributed by atoms with Gasteiger partial charge in [0, 0.05) is 24.2 Å². The van der Waals surface area contributed by atoms with Gasteiger partial charge in [-0.2, -0.15) is 0 Å². The third-order valence-electron chi connectivity index (χ3n) is 6.64. The van der Waals surface area contributed by atoms with E-state index < -0.39 is 84.3 Å². The third kappa shape index (κ3) is 4.78. The van der Waals surface area contributed by atoms with Crippen molar-refractivity contribution in [3.05, 3.63) is 32.6 Å². The Balaban J connectivity index is 2.00. The van der Waals surface area contributed by atoms with E-state index in [0.717, 1.165) is 10.8 Å². The van der Waals surface area contributed by atoms with Gasteiger partial charge in [0.15, 0.2) is 12.3 Å². The van der Waals surface area contributed by atoms with E-state index in [4.69, 9.17) is 10.5 Å². The first kappa shape index (κ1) is 26.0. The number of rotatable bonds is 7. The van der Waals surface area contributed by atoms with Gasteiger partial charge in [-0.05, 0) is 19.8 Å². The van der Waals surface area contributed by atoms with Crippen molar-refractivity contribution in [1.82, 2.24) is 14.9 Å². The Kier molecular flexibility index (Phi) is 7.59. The highest BCUT2D eigenvalue weighted by Gasteiger charge is 2.55. The Hall–Kier alpha value is -2.62. The van der Waals surface area contributed by atoms with Gasteiger partial charge in [0.25, 0.3) is 5.56 Å². The monoisotopic (exact) mass is 486 g/mol. The zero-order valence-corrected chi connectivity index (χ0v) is 18.5. The fourth-order valence-electron chi connectivity index (χ4n) is 4.56. The molecule has 190 valence electrons. The topological polar surface area (TPSA) is 237 Å². The van der Waals surface area contributed by atoms with Gasteiger partial charge in [-0.15, -0.1) is 0 Å². The molecular weight excluding hydrogens is 456 g/mol. The van der Waals surface area contributed by atoms with E-state index >= 15 is 0 Å². The smallest absolute Gasteiger partial charge is 0.330 e. The predicted octanol–water partition coefficient (Wildman–Crippen LogP) is -3.73. The second-order valence-corrected chi connectivity index (χ2v) is 8.91. The molecule has 14 nitrogen and oxygen atoms in total. The van der Waals surface area contributed by atoms with Crippen molar-refractivity contribution in [2.24, 2.45) is 11.7 Å². The number of aliphatic hydroxyl groups is 4. The number of nitrogens with one attached hydrogen (secondary N) is 2. The SMILES string of the molecule is Cc1cn(C2O[C@H]([C@H](NC(=O)[C@@H]3CCC[C@@H]3N)C(=O)O)C[C@@](O)([C@@H](O)CO)[C@H]2O)c(=O)[nH]c1=O. The Morgan fingerprint density at radius 3 is 2.62 bits per heavy atom. The zero-order valence-electron chi connectivity index (χ0n) is 18.5. The number of ether oxygens (including phenoxy) is 1. The number of carboxylic acid groups (broad SMARTS) is 1. The Morgan fingerprint density at radius 2 is 2.06 bits per heavy atom. The average molecular weight is 486 g/mol. The summed E-state index contributed by atoms with van der Waals surface area (Å²) in [5.41, 5.74) is 1.70. The van der Waals surface area contributed by atoms with Crippen LogP contribution in [0, 0.1) is 12.8 Å². The quantitative estimate of drug-likeness (QED) is 0.186. The molecule has 1 amide bonds. The molecule has 3 rings (SSSR count). The molecule has 1 aliphatic carbocycles. The number of aromatic amines is 1. The van der Waals surface area contributed by atoms with Crippen LogP contribution in [0.5, 0.6) is 0 Å². The molecule has 0 bridgehead atoms. The Labute approximate surface area is 193 Å². The first-order chi connectivity index (χ1) is 15.9. The summed E-state index contributed by atoms with van der Waals surface area (Å²) in [5, 5.41) is 53.8. The lowest BCUT2D eigenvalue weighted by Crippen LogP contribution is -2.66. The second-order valence-electron chi connectivity index (χ2n) is 8.91. The molecule has 1 aromatic rings. The van der Waals surface area contributed by atoms with Crippen LogP contribution in [0.15, 0.2) is 15.8 Å². The number of aryl methyl sites for hydroxylation is 1. The van der Waals surface area contributed by atoms with Crippen molar-refractivity contribution in [2.45, 2.75) is 74.8 Å². The van der Waals surface area contributed by atoms with E-state index in [-0.39, 0.29) is 5.56 Å². The van der Waals surface area contributed by atoms with E-state index in [9.17, 15) is 44.7 Å². The van der Waals surface area contributed by atoms with Crippen LogP contribution in [-0.4, -0.2) is 89.6 Å². The number of amides is 1. The van der Waals surface area contributed by atoms with Gasteiger partial charge in [-0.1, -0.05) is 6.42 Å². The molecule has 8 atom stereocenters. The highest BCUT2D eigenvalue weighted by molar-refractivity contribution is 5.86. The van der Waals surface area contributed by atoms with Crippen LogP contribution in [-0.2, 0) is 14.3 Å². The number of hydrogen-bond acceptors (Lipinski definition) is 10. The first-order valence-corrected chi connectivity index (χ1v) is 10.9. The number of carbonyl (C=O) groups is 2. The maximum absolute atomic E-state index is 12.7. The third-order valence-corrected chi connectivity index (χ3v) is 6.64. The van der Waals surface area contributed by atoms with Crippen molar-refractivity contribution < 1.29 is 39.9 Å². The molecule has 1 aromatic heterocycles. The molecule has 9 N–H and O–H groups in total. The summed E-state index contributed by atoms with van der Waals surface area (Å²) < 4.78 is 6.41. The van der Waals surface area contributed by atoms with Gasteiger partial charge in [0.05, 0.1) is 18.6 Å². The van der Waals surface area contributed by atoms with Gasteiger partial charge in [0.1, 0.15) is 17.8 Å². The Morgan fingerprint density at radius 1 is 1.38 bits per heavy atom. The molecule has 2 aliphatic rings. The number of H-pyrrole nitrogens is 1. The summed E-state index contributed by atoms with van der Waals surface area (Å²) in [5.74, 6) is -2.80. The number of aliphatic carboxylic acids is 1. The molecule has 2 fully saturated rings. The van der Waals surface area contributed by atoms with E-state index in [2.05, 4.69) is 5.32 Å². The standard InChI is InChI=1S/C20H30N4O10/c1-8-6-24(19(32)23-15(8)28)17-14(27)20(33,12(26)7-25)5-11(34-17)13(18(30)31)22-16(29)9-3-2-4-10(9)21/h6,9-14,17,25-27,33H,2-5,7,21H2,1H3,(H,22,29)(H,30,31)(H,23,28,32)/t9-,10+,11+,12+,13+,14+,17?,20-/m1/s1. The molecule has 14 heteroatoms. The summed E-state index contributed by atoms with van der Waals surface area (Å²) >= 11 is 0. The lowest BCUT2D eigenvalue weighted by atomic mass is 9.79. The summed E-state index contributed by atoms with van der Waals surface area (Å²) in [6.07, 6.45) is -5.23. The van der Waals surface area contributed by atoms with Crippen LogP contribution in [0.25, 0.3) is 0 Å². The largest absolute Gasteiger partial charge is 0.480 e. The van der Waals surface area contributed by atoms with Gasteiger partial charge in [-0.25, -0.2) is 9.59 Å². The van der Waals surface area contributed by atoms with Crippen LogP contribution in [0.2, 0.25) is 0 Å². The molecule has 2 heterocycles. The summed E-state index contributed by atoms with van der Waals surface area (Å²) in [6.45, 7) is 0.356. The van der Waals surface area contributed by atoms with E-state index in [1.54, 1.807) is 0 Å². The zero-order chi connectivity index (χ0) is 25.4. The molecule has 0 aromatic carbocycles. The number of carbonyl (C=O) groups excluding carboxylic acids is 1. The molecular formula is C20H30N4O10. The number of carboxylic acids is 1. The van der Waals surface area contributed by atoms with Gasteiger partial charge >= 0.3 is 11.7 Å². The molecule has 1 aliphatic heterocycles. The fraction of sp³-hybridized carbons (Fsp3) is 0.700. The highest BCUT2D eigenvalue weighted by Crippen LogP contribution is 2.38. The van der Waals surface area contributed by atoms with Gasteiger partial charge < -0.3 is 41.3 Å². The summed E-state index contributed by atoms with van der Waals surface area (Å²) in [6, 6.07) is -2.21. The molecule has 0 spiro atoms. The van der Waals surface area contributed by atoms with Crippen LogP contribution in [0.1, 0.15) is 37.5 Å². The molecule has 1 saturated carbocycles. The minimum absolute atomic E-state index is 0.0436. The van der Waals surface area contributed by atoms with E-state index in [1.165, 1.54) is 6.92 Å². The number of aromatic nitrogens is 2. The normalized spacial score (nSPS) is 33.3. The van der Waals surface area contributed by atoms with Gasteiger partial charge in [-0.3, -0.25) is 19.1 Å². The van der Waals surface area contributed by atoms with Crippen molar-refractivity contribution in [2.75, 3.05) is 6.61 Å². The van der Waals surface area contributed by atoms with Crippen LogP contribution >= 0.6 is 0 Å². The highest BCUT2D eigenvalue weighted by atomic mass is 16.5. The minimum Gasteiger partial charge on any atom is -0.480 e. The first-order valence-electron chi connectivity index (χ1n) is 10.9. The maximum atomic E-state index is 12.7. The average Bonchev–Trinajstić information content (AvgIpc) is 3.21. The lowest BCUT2D eigenvalue weighted by molar-refractivity contribution is -0.274. The Bertz CT molecular complexity index is 1040. The number of nitrogens with two attached hydrogens (primary N) is 1. The lowest BCUT2D eigenvalue weighted by Gasteiger charge is -2.48. The number of aliphatic hydroxyl groups excluding tert-OH is 3. The van der Waals surface area contributed by atoms with Crippen molar-refractivity contribution in [3.63, 3.8) is 0 Å². The van der Waals surface area contributed by atoms with Crippen molar-refractivity contribution in [3.8, 4) is 0 Å². The fourth-order valence-corrected chi connectivity index (χ4v) is 4.56. The second kappa shape index (κ2) is 9.93. The predicted molar refractivity (Wildman–Crippen MR) is 114 cm³/mol. The summed E-state index contributed by atoms with van der Waals surface area (Å²) in [7, 11) is 0. The molecule has 1 saturated heterocycles. The number of hydrogen-bond donors (Lipinski definition) is 8. The van der Waals surface area contributed by atoms with E-state index in [1.807, 2.05) is 4.98 Å². The van der Waals surface area contributed by atoms with E-state index in [0.29, 0.717) is 19.3 Å². The van der Waals surface area contributed by atoms with Crippen molar-refractivity contribution >= 4 is 11.9 Å². The molecule has 1 unspecified atom stereocenters. The van der Waals surface area contributed by atoms with Gasteiger partial charge in [0.2, 0.25) is 5.91 Å². The van der Waals surface area contributed by atoms with Crippen LogP contribution in [0.4, 0.5) is 0 Å². The summed E-state index contributed by atoms with van der Waals surface area (Å²) in [4.78, 5) is 50.9. The molecule has 34 heavy (non-hydrogen) atoms. The molecule has 0 radical (unpaired) electrons. The van der Waals surface area contributed by atoms with Crippen LogP contribution in [0.3, 0.4) is 0 Å². The maximum Gasteiger partial charge on any atom is 0.330 e.